The number of amides is 2. The van der Waals surface area contributed by atoms with E-state index < -0.39 is 6.04 Å². The Morgan fingerprint density at radius 3 is 2.53 bits per heavy atom. The Morgan fingerprint density at radius 1 is 1.07 bits per heavy atom. The molecule has 1 aliphatic heterocycles. The summed E-state index contributed by atoms with van der Waals surface area (Å²) >= 11 is 6.03. The van der Waals surface area contributed by atoms with Crippen LogP contribution in [0.5, 0.6) is 0 Å². The highest BCUT2D eigenvalue weighted by molar-refractivity contribution is 6.31. The maximum Gasteiger partial charge on any atom is 0.268 e. The van der Waals surface area contributed by atoms with E-state index in [-0.39, 0.29) is 17.6 Å². The first-order valence-corrected chi connectivity index (χ1v) is 10.3. The van der Waals surface area contributed by atoms with Crippen LogP contribution >= 0.6 is 11.6 Å². The van der Waals surface area contributed by atoms with Crippen LogP contribution in [0, 0.1) is 0 Å². The summed E-state index contributed by atoms with van der Waals surface area (Å²) in [5, 5.41) is 4.30. The number of halogens is 1. The maximum absolute atomic E-state index is 13.2. The molecule has 1 aromatic heterocycles. The van der Waals surface area contributed by atoms with Crippen LogP contribution in [0.25, 0.3) is 10.9 Å². The van der Waals surface area contributed by atoms with Gasteiger partial charge in [0, 0.05) is 48.3 Å². The second kappa shape index (κ2) is 8.71. The third kappa shape index (κ3) is 4.54. The topological polar surface area (TPSA) is 82.3 Å². The average molecular weight is 424 g/mol. The molecule has 0 bridgehead atoms. The van der Waals surface area contributed by atoms with Gasteiger partial charge in [-0.1, -0.05) is 41.9 Å². The van der Waals surface area contributed by atoms with Gasteiger partial charge in [0.15, 0.2) is 0 Å². The van der Waals surface area contributed by atoms with Crippen molar-refractivity contribution in [1.29, 1.82) is 0 Å². The first-order valence-electron chi connectivity index (χ1n) is 9.93. The zero-order valence-corrected chi connectivity index (χ0v) is 17.1. The lowest BCUT2D eigenvalue weighted by molar-refractivity contribution is -0.136. The molecule has 2 aromatic carbocycles. The van der Waals surface area contributed by atoms with Crippen molar-refractivity contribution < 1.29 is 14.4 Å². The van der Waals surface area contributed by atoms with E-state index in [1.54, 1.807) is 23.1 Å². The number of Topliss-reactive ketones (excluding diaryl/α,β-unsaturated/α-hetero) is 1. The molecule has 30 heavy (non-hydrogen) atoms. The van der Waals surface area contributed by atoms with Gasteiger partial charge in [-0.05, 0) is 29.8 Å². The van der Waals surface area contributed by atoms with E-state index in [4.69, 9.17) is 11.6 Å². The Morgan fingerprint density at radius 2 is 1.80 bits per heavy atom. The fourth-order valence-electron chi connectivity index (χ4n) is 3.71. The zero-order valence-electron chi connectivity index (χ0n) is 16.4. The summed E-state index contributed by atoms with van der Waals surface area (Å²) in [6.45, 7) is 0.785. The number of benzene rings is 2. The molecule has 1 fully saturated rings. The predicted octanol–water partition coefficient (Wildman–Crippen LogP) is 3.35. The van der Waals surface area contributed by atoms with Crippen molar-refractivity contribution >= 4 is 40.1 Å². The van der Waals surface area contributed by atoms with Gasteiger partial charge >= 0.3 is 0 Å². The molecule has 1 saturated heterocycles. The number of hydrogen-bond donors (Lipinski definition) is 2. The van der Waals surface area contributed by atoms with Gasteiger partial charge < -0.3 is 15.2 Å². The summed E-state index contributed by atoms with van der Waals surface area (Å²) < 4.78 is 0. The summed E-state index contributed by atoms with van der Waals surface area (Å²) in [4.78, 5) is 42.4. The maximum atomic E-state index is 13.2. The molecule has 0 aliphatic carbocycles. The van der Waals surface area contributed by atoms with Crippen LogP contribution < -0.4 is 5.32 Å². The SMILES string of the molecule is O=C1CCN(C(=O)[C@H](Cc2ccccc2)NC(=O)c2cc3cc(Cl)ccc3[nH]2)CC1. The molecular formula is C23H22ClN3O3. The molecule has 0 radical (unpaired) electrons. The van der Waals surface area contributed by atoms with Gasteiger partial charge in [-0.2, -0.15) is 0 Å². The average Bonchev–Trinajstić information content (AvgIpc) is 3.17. The van der Waals surface area contributed by atoms with E-state index in [1.165, 1.54) is 0 Å². The number of likely N-dealkylation sites (tertiary alicyclic amines) is 1. The quantitative estimate of drug-likeness (QED) is 0.660. The molecule has 0 unspecified atom stereocenters. The molecule has 154 valence electrons. The summed E-state index contributed by atoms with van der Waals surface area (Å²) in [5.74, 6) is -0.358. The number of ketones is 1. The number of H-pyrrole nitrogens is 1. The summed E-state index contributed by atoms with van der Waals surface area (Å²) in [7, 11) is 0. The van der Waals surface area contributed by atoms with Gasteiger partial charge in [-0.3, -0.25) is 14.4 Å². The van der Waals surface area contributed by atoms with Crippen molar-refractivity contribution in [2.75, 3.05) is 13.1 Å². The molecule has 0 saturated carbocycles. The van der Waals surface area contributed by atoms with Gasteiger partial charge in [0.2, 0.25) is 5.91 Å². The summed E-state index contributed by atoms with van der Waals surface area (Å²) in [6.07, 6.45) is 1.10. The summed E-state index contributed by atoms with van der Waals surface area (Å²) in [5.41, 5.74) is 2.12. The van der Waals surface area contributed by atoms with Gasteiger partial charge in [-0.25, -0.2) is 0 Å². The number of nitrogens with zero attached hydrogens (tertiary/aromatic N) is 1. The smallest absolute Gasteiger partial charge is 0.268 e. The minimum absolute atomic E-state index is 0.166. The molecule has 7 heteroatoms. The Kier molecular flexibility index (Phi) is 5.86. The Bertz CT molecular complexity index is 1080. The van der Waals surface area contributed by atoms with Crippen molar-refractivity contribution in [3.63, 3.8) is 0 Å². The van der Waals surface area contributed by atoms with Crippen LogP contribution in [0.1, 0.15) is 28.9 Å². The van der Waals surface area contributed by atoms with Crippen molar-refractivity contribution in [1.82, 2.24) is 15.2 Å². The van der Waals surface area contributed by atoms with E-state index in [2.05, 4.69) is 10.3 Å². The molecular weight excluding hydrogens is 402 g/mol. The number of rotatable bonds is 5. The number of aromatic amines is 1. The van der Waals surface area contributed by atoms with Crippen LogP contribution in [-0.4, -0.2) is 46.6 Å². The number of carbonyl (C=O) groups excluding carboxylic acids is 3. The van der Waals surface area contributed by atoms with Crippen molar-refractivity contribution in [2.45, 2.75) is 25.3 Å². The van der Waals surface area contributed by atoms with Crippen LogP contribution in [0.2, 0.25) is 5.02 Å². The van der Waals surface area contributed by atoms with Crippen LogP contribution in [0.15, 0.2) is 54.6 Å². The highest BCUT2D eigenvalue weighted by Gasteiger charge is 2.29. The van der Waals surface area contributed by atoms with Crippen molar-refractivity contribution in [2.24, 2.45) is 0 Å². The Labute approximate surface area is 179 Å². The minimum Gasteiger partial charge on any atom is -0.351 e. The third-order valence-electron chi connectivity index (χ3n) is 5.35. The largest absolute Gasteiger partial charge is 0.351 e. The van der Waals surface area contributed by atoms with Crippen LogP contribution in [0.4, 0.5) is 0 Å². The third-order valence-corrected chi connectivity index (χ3v) is 5.58. The van der Waals surface area contributed by atoms with E-state index >= 15 is 0 Å². The Hall–Kier alpha value is -3.12. The lowest BCUT2D eigenvalue weighted by atomic mass is 10.0. The number of carbonyl (C=O) groups is 3. The molecule has 1 aliphatic rings. The van der Waals surface area contributed by atoms with Gasteiger partial charge in [0.25, 0.3) is 5.91 Å². The lowest BCUT2D eigenvalue weighted by Crippen LogP contribution is -2.51. The van der Waals surface area contributed by atoms with Gasteiger partial charge in [0.1, 0.15) is 17.5 Å². The molecule has 6 nitrogen and oxygen atoms in total. The number of hydrogen-bond acceptors (Lipinski definition) is 3. The number of aromatic nitrogens is 1. The highest BCUT2D eigenvalue weighted by Crippen LogP contribution is 2.20. The van der Waals surface area contributed by atoms with Crippen molar-refractivity contribution in [3.05, 3.63) is 70.9 Å². The molecule has 0 spiro atoms. The number of nitrogens with one attached hydrogen (secondary N) is 2. The zero-order chi connectivity index (χ0) is 21.1. The monoisotopic (exact) mass is 423 g/mol. The fraction of sp³-hybridized carbons (Fsp3) is 0.261. The lowest BCUT2D eigenvalue weighted by Gasteiger charge is -2.30. The summed E-state index contributed by atoms with van der Waals surface area (Å²) in [6, 6.07) is 15.9. The van der Waals surface area contributed by atoms with Crippen LogP contribution in [-0.2, 0) is 16.0 Å². The fourth-order valence-corrected chi connectivity index (χ4v) is 3.89. The molecule has 2 N–H and O–H groups in total. The van der Waals surface area contributed by atoms with E-state index in [1.807, 2.05) is 36.4 Å². The highest BCUT2D eigenvalue weighted by atomic mass is 35.5. The van der Waals surface area contributed by atoms with Gasteiger partial charge in [-0.15, -0.1) is 0 Å². The Balaban J connectivity index is 1.55. The van der Waals surface area contributed by atoms with E-state index in [0.717, 1.165) is 16.5 Å². The molecule has 3 aromatic rings. The van der Waals surface area contributed by atoms with Gasteiger partial charge in [0.05, 0.1) is 0 Å². The minimum atomic E-state index is -0.719. The number of piperidine rings is 1. The molecule has 4 rings (SSSR count). The first-order chi connectivity index (χ1) is 14.5. The first kappa shape index (κ1) is 20.2. The second-order valence-corrected chi connectivity index (χ2v) is 7.93. The standard InChI is InChI=1S/C23H22ClN3O3/c24-17-6-7-19-16(13-17)14-20(25-19)22(29)26-21(12-15-4-2-1-3-5-15)23(30)27-10-8-18(28)9-11-27/h1-7,13-14,21,25H,8-12H2,(H,26,29)/t21-/m0/s1. The normalized spacial score (nSPS) is 15.2. The van der Waals surface area contributed by atoms with E-state index in [0.29, 0.717) is 43.1 Å². The predicted molar refractivity (Wildman–Crippen MR) is 116 cm³/mol. The van der Waals surface area contributed by atoms with Crippen molar-refractivity contribution in [3.8, 4) is 0 Å². The molecule has 1 atom stereocenters. The van der Waals surface area contributed by atoms with E-state index in [9.17, 15) is 14.4 Å². The molecule has 2 heterocycles. The van der Waals surface area contributed by atoms with Crippen LogP contribution in [0.3, 0.4) is 0 Å². The molecule has 2 amide bonds. The second-order valence-electron chi connectivity index (χ2n) is 7.49. The number of fused-ring (bicyclic) bond motifs is 1.